The number of amides is 3. The minimum Gasteiger partial charge on any atom is -0.496 e. The first-order valence-corrected chi connectivity index (χ1v) is 21.3. The van der Waals surface area contributed by atoms with E-state index in [0.29, 0.717) is 53.8 Å². The van der Waals surface area contributed by atoms with Crippen LogP contribution in [0.15, 0.2) is 48.9 Å². The van der Waals surface area contributed by atoms with Gasteiger partial charge in [-0.05, 0) is 70.4 Å². The molecular weight excluding hydrogens is 784 g/mol. The third kappa shape index (κ3) is 8.54. The molecule has 3 amide bonds. The van der Waals surface area contributed by atoms with Gasteiger partial charge in [0.2, 0.25) is 15.9 Å². The molecule has 12 nitrogen and oxygen atoms in total. The number of aryl methyl sites for hydroxylation is 1. The topological polar surface area (TPSA) is 148 Å². The Bertz CT molecular complexity index is 2190. The second-order valence-electron chi connectivity index (χ2n) is 15.5. The molecule has 0 radical (unpaired) electrons. The van der Waals surface area contributed by atoms with Gasteiger partial charge in [0.15, 0.2) is 11.5 Å². The van der Waals surface area contributed by atoms with Crippen molar-refractivity contribution in [3.8, 4) is 22.2 Å². The first-order valence-electron chi connectivity index (χ1n) is 18.9. The number of halogens is 3. The van der Waals surface area contributed by atoms with Crippen molar-refractivity contribution in [3.63, 3.8) is 0 Å². The number of hydrogen-bond acceptors (Lipinski definition) is 10. The fourth-order valence-corrected chi connectivity index (χ4v) is 9.56. The Hall–Kier alpha value is -4.51. The number of benzene rings is 1. The van der Waals surface area contributed by atoms with E-state index in [0.717, 1.165) is 36.0 Å². The number of sulfonamides is 1. The number of urea groups is 1. The van der Waals surface area contributed by atoms with Crippen LogP contribution in [-0.4, -0.2) is 90.0 Å². The van der Waals surface area contributed by atoms with Gasteiger partial charge in [0.05, 0.1) is 28.8 Å². The number of hydrogen-bond donors (Lipinski definition) is 1. The predicted octanol–water partition coefficient (Wildman–Crippen LogP) is 7.46. The molecule has 3 aliphatic rings. The van der Waals surface area contributed by atoms with Crippen LogP contribution in [0.3, 0.4) is 0 Å². The van der Waals surface area contributed by atoms with E-state index < -0.39 is 61.8 Å². The largest absolute Gasteiger partial charge is 0.496 e. The van der Waals surface area contributed by atoms with Crippen LogP contribution < -0.4 is 14.2 Å². The Morgan fingerprint density at radius 1 is 1.16 bits per heavy atom. The summed E-state index contributed by atoms with van der Waals surface area (Å²) in [5.41, 5.74) is -1.18. The van der Waals surface area contributed by atoms with Crippen LogP contribution >= 0.6 is 11.3 Å². The summed E-state index contributed by atoms with van der Waals surface area (Å²) in [7, 11) is -0.824. The molecule has 308 valence electrons. The molecule has 57 heavy (non-hydrogen) atoms. The van der Waals surface area contributed by atoms with Gasteiger partial charge >= 0.3 is 12.2 Å². The minimum absolute atomic E-state index is 0.0309. The van der Waals surface area contributed by atoms with Crippen molar-refractivity contribution in [2.45, 2.75) is 94.7 Å². The number of nitrogens with zero attached hydrogens (tertiary/aromatic N) is 4. The third-order valence-corrected chi connectivity index (χ3v) is 14.5. The Morgan fingerprint density at radius 2 is 1.89 bits per heavy atom. The molecule has 0 spiro atoms. The first kappa shape index (κ1) is 42.1. The maximum atomic E-state index is 14.5. The number of rotatable bonds is 16. The number of thiazole rings is 1. The van der Waals surface area contributed by atoms with Crippen molar-refractivity contribution in [2.75, 3.05) is 27.2 Å². The minimum atomic E-state index is -4.65. The van der Waals surface area contributed by atoms with Gasteiger partial charge in [-0.2, -0.15) is 13.2 Å². The second-order valence-corrected chi connectivity index (χ2v) is 18.6. The highest BCUT2D eigenvalue weighted by molar-refractivity contribution is 7.91. The smallest absolute Gasteiger partial charge is 0.434 e. The highest BCUT2D eigenvalue weighted by atomic mass is 32.2. The van der Waals surface area contributed by atoms with E-state index >= 15 is 0 Å². The molecule has 1 N–H and O–H groups in total. The zero-order chi connectivity index (χ0) is 41.5. The maximum Gasteiger partial charge on any atom is 0.434 e. The van der Waals surface area contributed by atoms with E-state index in [1.165, 1.54) is 18.1 Å². The second kappa shape index (κ2) is 16.0. The van der Waals surface area contributed by atoms with Gasteiger partial charge in [-0.3, -0.25) is 14.3 Å². The van der Waals surface area contributed by atoms with E-state index in [9.17, 15) is 36.0 Å². The molecule has 3 fully saturated rings. The van der Waals surface area contributed by atoms with Crippen molar-refractivity contribution in [2.24, 2.45) is 11.3 Å². The van der Waals surface area contributed by atoms with E-state index in [-0.39, 0.29) is 42.5 Å². The number of aromatic nitrogens is 2. The average molecular weight is 832 g/mol. The molecule has 6 rings (SSSR count). The first-order chi connectivity index (χ1) is 26.9. The summed E-state index contributed by atoms with van der Waals surface area (Å²) in [5, 5.41) is 1.51. The molecule has 2 aromatic heterocycles. The zero-order valence-electron chi connectivity index (χ0n) is 32.5. The number of carbonyl (C=O) groups is 3. The quantitative estimate of drug-likeness (QED) is 0.115. The number of ether oxygens (including phenoxy) is 2. The monoisotopic (exact) mass is 831 g/mol. The van der Waals surface area contributed by atoms with E-state index in [2.05, 4.69) is 27.8 Å². The van der Waals surface area contributed by atoms with E-state index in [1.54, 1.807) is 50.1 Å². The maximum absolute atomic E-state index is 14.5. The molecule has 3 aromatic rings. The van der Waals surface area contributed by atoms with Crippen LogP contribution in [0.25, 0.3) is 21.6 Å². The normalized spacial score (nSPS) is 22.7. The molecule has 17 heteroatoms. The number of alkyl halides is 3. The molecule has 0 unspecified atom stereocenters. The standard InChI is InChI=1S/C40H48F3N5O7S2/c1-7-9-10-11-17-47(5)37(51)48-18-14-26(19-29(48)30(49)22-39(21-25(39)8-2)36(50)46-57(52,53)38(4)15-16-38)55-32-20-28(35-45-33(23-56-35)40(41,42)43)44-34-24(3)31(54-6)13-12-27(32)34/h7-8,12-13,20,23,25-26,29H,1-2,9-11,14-19,21-22H2,3-6H3,(H,46,50)/t25-,26+,29+,39-/m1/s1. The van der Waals surface area contributed by atoms with Gasteiger partial charge < -0.3 is 19.3 Å². The van der Waals surface area contributed by atoms with Crippen molar-refractivity contribution in [1.29, 1.82) is 0 Å². The molecule has 1 saturated heterocycles. The molecule has 2 saturated carbocycles. The van der Waals surface area contributed by atoms with Crippen molar-refractivity contribution in [3.05, 3.63) is 60.1 Å². The Kier molecular flexibility index (Phi) is 11.8. The van der Waals surface area contributed by atoms with Gasteiger partial charge in [0, 0.05) is 61.8 Å². The average Bonchev–Trinajstić information content (AvgIpc) is 4.04. The SMILES string of the molecule is C=CCCCCN(C)C(=O)N1CC[C@H](Oc2cc(-c3nc(C(F)(F)F)cs3)nc3c(C)c(OC)ccc23)C[C@H]1C(=O)C[C@]1(C(=O)NS(=O)(=O)C2(C)CC2)C[C@H]1C=C. The van der Waals surface area contributed by atoms with Gasteiger partial charge in [-0.15, -0.1) is 24.5 Å². The summed E-state index contributed by atoms with van der Waals surface area (Å²) in [5.74, 6) is -0.819. The van der Waals surface area contributed by atoms with E-state index in [4.69, 9.17) is 9.47 Å². The lowest BCUT2D eigenvalue weighted by Crippen LogP contribution is -2.56. The number of ketones is 1. The number of carbonyl (C=O) groups excluding carboxylic acids is 3. The Labute approximate surface area is 334 Å². The predicted molar refractivity (Wildman–Crippen MR) is 210 cm³/mol. The summed E-state index contributed by atoms with van der Waals surface area (Å²) in [6.45, 7) is 11.5. The molecule has 1 aromatic carbocycles. The molecule has 1 aliphatic heterocycles. The van der Waals surface area contributed by atoms with Crippen LogP contribution in [0.2, 0.25) is 0 Å². The number of likely N-dealkylation sites (tertiary alicyclic amines) is 1. The number of methoxy groups -OCH3 is 1. The van der Waals surface area contributed by atoms with Crippen molar-refractivity contribution >= 4 is 50.0 Å². The van der Waals surface area contributed by atoms with Gasteiger partial charge in [-0.25, -0.2) is 23.2 Å². The molecule has 2 aliphatic carbocycles. The molecular formula is C40H48F3N5O7S2. The number of fused-ring (bicyclic) bond motifs is 1. The lowest BCUT2D eigenvalue weighted by Gasteiger charge is -2.40. The Morgan fingerprint density at radius 3 is 2.51 bits per heavy atom. The molecule has 0 bridgehead atoms. The molecule has 3 heterocycles. The number of piperidine rings is 1. The summed E-state index contributed by atoms with van der Waals surface area (Å²) in [4.78, 5) is 53.7. The summed E-state index contributed by atoms with van der Waals surface area (Å²) in [6.07, 6.45) is 1.49. The fourth-order valence-electron chi connectivity index (χ4n) is 7.44. The van der Waals surface area contributed by atoms with Crippen LogP contribution in [0.5, 0.6) is 11.5 Å². The van der Waals surface area contributed by atoms with Gasteiger partial charge in [0.1, 0.15) is 28.3 Å². The van der Waals surface area contributed by atoms with Crippen LogP contribution in [-0.2, 0) is 25.8 Å². The summed E-state index contributed by atoms with van der Waals surface area (Å²) < 4.78 is 80.1. The van der Waals surface area contributed by atoms with Gasteiger partial charge in [-0.1, -0.05) is 12.2 Å². The van der Waals surface area contributed by atoms with Crippen molar-refractivity contribution in [1.82, 2.24) is 24.5 Å². The summed E-state index contributed by atoms with van der Waals surface area (Å²) in [6, 6.07) is 3.59. The fraction of sp³-hybridized carbons (Fsp3) is 0.525. The van der Waals surface area contributed by atoms with E-state index in [1.807, 2.05) is 0 Å². The Balaban J connectivity index is 1.31. The third-order valence-electron chi connectivity index (χ3n) is 11.5. The van der Waals surface area contributed by atoms with Crippen molar-refractivity contribution < 1.29 is 45.4 Å². The van der Waals surface area contributed by atoms with Crippen LogP contribution in [0, 0.1) is 18.3 Å². The van der Waals surface area contributed by atoms with Gasteiger partial charge in [0.25, 0.3) is 0 Å². The number of unbranched alkanes of at least 4 members (excludes halogenated alkanes) is 2. The number of Topliss-reactive ketones (excluding diaryl/α,β-unsaturated/α-hetero) is 1. The highest BCUT2D eigenvalue weighted by Gasteiger charge is 2.62. The highest BCUT2D eigenvalue weighted by Crippen LogP contribution is 2.57. The molecule has 4 atom stereocenters. The van der Waals surface area contributed by atoms with Crippen LogP contribution in [0.1, 0.15) is 76.0 Å². The number of pyridine rings is 1. The lowest BCUT2D eigenvalue weighted by atomic mass is 9.88. The summed E-state index contributed by atoms with van der Waals surface area (Å²) >= 11 is 0.795. The lowest BCUT2D eigenvalue weighted by molar-refractivity contribution is -0.140. The number of nitrogens with one attached hydrogen (secondary N) is 1. The van der Waals surface area contributed by atoms with Crippen LogP contribution in [0.4, 0.5) is 18.0 Å². The number of allylic oxidation sites excluding steroid dienone is 2. The zero-order valence-corrected chi connectivity index (χ0v) is 34.1.